The Morgan fingerprint density at radius 2 is 1.82 bits per heavy atom. The van der Waals surface area contributed by atoms with E-state index in [-0.39, 0.29) is 5.78 Å². The van der Waals surface area contributed by atoms with Gasteiger partial charge in [0.05, 0.1) is 6.54 Å². The van der Waals surface area contributed by atoms with Gasteiger partial charge in [0.25, 0.3) is 0 Å². The van der Waals surface area contributed by atoms with Crippen LogP contribution in [0.15, 0.2) is 24.3 Å². The highest BCUT2D eigenvalue weighted by atomic mass is 16.1. The van der Waals surface area contributed by atoms with Crippen molar-refractivity contribution in [2.24, 2.45) is 0 Å². The molecule has 94 valence electrons. The number of nitrogens with one attached hydrogen (secondary N) is 1. The van der Waals surface area contributed by atoms with E-state index in [9.17, 15) is 4.79 Å². The largest absolute Gasteiger partial charge is 0.310 e. The lowest BCUT2D eigenvalue weighted by Gasteiger charge is -2.04. The van der Waals surface area contributed by atoms with Crippen molar-refractivity contribution in [2.45, 2.75) is 39.5 Å². The molecule has 0 spiro atoms. The molecule has 2 nitrogen and oxygen atoms in total. The zero-order valence-corrected chi connectivity index (χ0v) is 11.0. The third kappa shape index (κ3) is 5.64. The highest BCUT2D eigenvalue weighted by Crippen LogP contribution is 2.03. The molecule has 0 heterocycles. The Balaban J connectivity index is 2.19. The number of aryl methyl sites for hydroxylation is 1. The molecule has 1 aromatic rings. The number of carbonyl (C=O) groups excluding carboxylic acids is 1. The molecule has 2 heteroatoms. The zero-order chi connectivity index (χ0) is 12.5. The standard InChI is InChI=1S/C15H23NO/c1-3-4-5-6-11-16-12-15(17)14-9-7-13(2)8-10-14/h7-10,16H,3-6,11-12H2,1-2H3. The van der Waals surface area contributed by atoms with Gasteiger partial charge in [0.2, 0.25) is 0 Å². The van der Waals surface area contributed by atoms with Crippen LogP contribution in [0.3, 0.4) is 0 Å². The smallest absolute Gasteiger partial charge is 0.176 e. The molecule has 0 saturated carbocycles. The molecule has 0 amide bonds. The van der Waals surface area contributed by atoms with Crippen LogP contribution in [0.25, 0.3) is 0 Å². The Kier molecular flexibility index (Phi) is 6.56. The normalized spacial score (nSPS) is 10.5. The average Bonchev–Trinajstić information content (AvgIpc) is 2.34. The Hall–Kier alpha value is -1.15. The number of hydrogen-bond donors (Lipinski definition) is 1. The second-order valence-electron chi connectivity index (χ2n) is 4.53. The number of Topliss-reactive ketones (excluding diaryl/α,β-unsaturated/α-hetero) is 1. The summed E-state index contributed by atoms with van der Waals surface area (Å²) in [5.74, 6) is 0.181. The van der Waals surface area contributed by atoms with Crippen molar-refractivity contribution in [3.63, 3.8) is 0 Å². The highest BCUT2D eigenvalue weighted by molar-refractivity contribution is 5.97. The molecule has 0 fully saturated rings. The topological polar surface area (TPSA) is 29.1 Å². The van der Waals surface area contributed by atoms with Gasteiger partial charge in [-0.2, -0.15) is 0 Å². The van der Waals surface area contributed by atoms with Gasteiger partial charge in [0.1, 0.15) is 0 Å². The van der Waals surface area contributed by atoms with Crippen LogP contribution in [0.1, 0.15) is 48.5 Å². The molecular weight excluding hydrogens is 210 g/mol. The Morgan fingerprint density at radius 3 is 2.47 bits per heavy atom. The number of rotatable bonds is 8. The highest BCUT2D eigenvalue weighted by Gasteiger charge is 2.03. The van der Waals surface area contributed by atoms with E-state index in [4.69, 9.17) is 0 Å². The van der Waals surface area contributed by atoms with E-state index in [2.05, 4.69) is 12.2 Å². The fraction of sp³-hybridized carbons (Fsp3) is 0.533. The lowest BCUT2D eigenvalue weighted by Crippen LogP contribution is -2.24. The molecule has 1 rings (SSSR count). The first-order valence-electron chi connectivity index (χ1n) is 6.54. The van der Waals surface area contributed by atoms with Gasteiger partial charge in [-0.05, 0) is 19.9 Å². The van der Waals surface area contributed by atoms with Crippen molar-refractivity contribution in [3.05, 3.63) is 35.4 Å². The molecule has 0 atom stereocenters. The summed E-state index contributed by atoms with van der Waals surface area (Å²) in [6, 6.07) is 7.76. The van der Waals surface area contributed by atoms with Crippen molar-refractivity contribution < 1.29 is 4.79 Å². The van der Waals surface area contributed by atoms with Crippen molar-refractivity contribution in [1.82, 2.24) is 5.32 Å². The van der Waals surface area contributed by atoms with Crippen LogP contribution in [0.5, 0.6) is 0 Å². The van der Waals surface area contributed by atoms with E-state index in [1.807, 2.05) is 31.2 Å². The summed E-state index contributed by atoms with van der Waals surface area (Å²) < 4.78 is 0. The van der Waals surface area contributed by atoms with Gasteiger partial charge in [-0.25, -0.2) is 0 Å². The van der Waals surface area contributed by atoms with Crippen molar-refractivity contribution in [3.8, 4) is 0 Å². The first-order valence-corrected chi connectivity index (χ1v) is 6.54. The Morgan fingerprint density at radius 1 is 1.12 bits per heavy atom. The molecule has 0 aliphatic carbocycles. The minimum absolute atomic E-state index is 0.181. The summed E-state index contributed by atoms with van der Waals surface area (Å²) >= 11 is 0. The van der Waals surface area contributed by atoms with E-state index < -0.39 is 0 Å². The van der Waals surface area contributed by atoms with Gasteiger partial charge in [-0.3, -0.25) is 4.79 Å². The van der Waals surface area contributed by atoms with Gasteiger partial charge < -0.3 is 5.32 Å². The lowest BCUT2D eigenvalue weighted by molar-refractivity contribution is 0.0991. The molecule has 17 heavy (non-hydrogen) atoms. The van der Waals surface area contributed by atoms with Crippen LogP contribution in [0.2, 0.25) is 0 Å². The maximum Gasteiger partial charge on any atom is 0.176 e. The van der Waals surface area contributed by atoms with E-state index in [0.717, 1.165) is 18.5 Å². The lowest BCUT2D eigenvalue weighted by atomic mass is 10.1. The molecule has 1 N–H and O–H groups in total. The summed E-state index contributed by atoms with van der Waals surface area (Å²) in [5, 5.41) is 3.21. The predicted molar refractivity (Wildman–Crippen MR) is 72.5 cm³/mol. The monoisotopic (exact) mass is 233 g/mol. The number of unbranched alkanes of at least 4 members (excludes halogenated alkanes) is 3. The Bertz CT molecular complexity index is 329. The molecule has 0 bridgehead atoms. The summed E-state index contributed by atoms with van der Waals surface area (Å²) in [4.78, 5) is 11.8. The minimum atomic E-state index is 0.181. The summed E-state index contributed by atoms with van der Waals surface area (Å²) in [6.45, 7) is 5.63. The maximum absolute atomic E-state index is 11.8. The number of ketones is 1. The van der Waals surface area contributed by atoms with Gasteiger partial charge in [0, 0.05) is 5.56 Å². The fourth-order valence-corrected chi connectivity index (χ4v) is 1.72. The summed E-state index contributed by atoms with van der Waals surface area (Å²) in [5.41, 5.74) is 1.99. The van der Waals surface area contributed by atoms with Crippen molar-refractivity contribution in [2.75, 3.05) is 13.1 Å². The molecule has 1 aromatic carbocycles. The zero-order valence-electron chi connectivity index (χ0n) is 11.0. The number of benzene rings is 1. The molecule has 0 unspecified atom stereocenters. The van der Waals surface area contributed by atoms with E-state index in [0.29, 0.717) is 6.54 Å². The van der Waals surface area contributed by atoms with Crippen LogP contribution in [-0.4, -0.2) is 18.9 Å². The second-order valence-corrected chi connectivity index (χ2v) is 4.53. The average molecular weight is 233 g/mol. The fourth-order valence-electron chi connectivity index (χ4n) is 1.72. The van der Waals surface area contributed by atoms with Gasteiger partial charge in [-0.1, -0.05) is 56.0 Å². The predicted octanol–water partition coefficient (Wildman–Crippen LogP) is 3.35. The quantitative estimate of drug-likeness (QED) is 0.551. The molecule has 0 radical (unpaired) electrons. The van der Waals surface area contributed by atoms with Crippen molar-refractivity contribution in [1.29, 1.82) is 0 Å². The first-order chi connectivity index (χ1) is 8.24. The third-order valence-corrected chi connectivity index (χ3v) is 2.87. The van der Waals surface area contributed by atoms with Crippen LogP contribution >= 0.6 is 0 Å². The summed E-state index contributed by atoms with van der Waals surface area (Å²) in [6.07, 6.45) is 4.95. The summed E-state index contributed by atoms with van der Waals surface area (Å²) in [7, 11) is 0. The van der Waals surface area contributed by atoms with Crippen LogP contribution < -0.4 is 5.32 Å². The maximum atomic E-state index is 11.8. The number of carbonyl (C=O) groups is 1. The van der Waals surface area contributed by atoms with Crippen molar-refractivity contribution >= 4 is 5.78 Å². The first kappa shape index (κ1) is 13.9. The number of hydrogen-bond acceptors (Lipinski definition) is 2. The van der Waals surface area contributed by atoms with E-state index in [1.165, 1.54) is 24.8 Å². The van der Waals surface area contributed by atoms with Gasteiger partial charge in [0.15, 0.2) is 5.78 Å². The SMILES string of the molecule is CCCCCCNCC(=O)c1ccc(C)cc1. The molecule has 0 saturated heterocycles. The third-order valence-electron chi connectivity index (χ3n) is 2.87. The van der Waals surface area contributed by atoms with E-state index >= 15 is 0 Å². The van der Waals surface area contributed by atoms with Gasteiger partial charge in [-0.15, -0.1) is 0 Å². The van der Waals surface area contributed by atoms with Crippen LogP contribution in [-0.2, 0) is 0 Å². The second kappa shape index (κ2) is 8.02. The van der Waals surface area contributed by atoms with E-state index in [1.54, 1.807) is 0 Å². The molecule has 0 aliphatic heterocycles. The molecule has 0 aliphatic rings. The minimum Gasteiger partial charge on any atom is -0.310 e. The van der Waals surface area contributed by atoms with Crippen LogP contribution in [0, 0.1) is 6.92 Å². The Labute approximate surface area is 104 Å². The molecular formula is C15H23NO. The van der Waals surface area contributed by atoms with Gasteiger partial charge >= 0.3 is 0 Å². The van der Waals surface area contributed by atoms with Crippen LogP contribution in [0.4, 0.5) is 0 Å². The molecule has 0 aromatic heterocycles.